The molecule has 0 atom stereocenters. The Labute approximate surface area is 112 Å². The summed E-state index contributed by atoms with van der Waals surface area (Å²) in [5, 5.41) is 2.70. The van der Waals surface area contributed by atoms with Crippen molar-refractivity contribution in [3.63, 3.8) is 0 Å². The Morgan fingerprint density at radius 3 is 2.60 bits per heavy atom. The largest absolute Gasteiger partial charge is 0.450 e. The van der Waals surface area contributed by atoms with Crippen LogP contribution in [0.5, 0.6) is 0 Å². The molecule has 0 fully saturated rings. The summed E-state index contributed by atoms with van der Waals surface area (Å²) in [7, 11) is 0. The van der Waals surface area contributed by atoms with Gasteiger partial charge in [0.1, 0.15) is 0 Å². The molecule has 1 aromatic rings. The molecule has 1 aromatic carbocycles. The van der Waals surface area contributed by atoms with Gasteiger partial charge in [0.25, 0.3) is 0 Å². The van der Waals surface area contributed by atoms with Crippen molar-refractivity contribution in [2.75, 3.05) is 11.9 Å². The topological polar surface area (TPSA) is 38.3 Å². The van der Waals surface area contributed by atoms with Crippen LogP contribution in [-0.2, 0) is 11.2 Å². The molecule has 1 N–H and O–H groups in total. The van der Waals surface area contributed by atoms with Crippen molar-refractivity contribution in [3.8, 4) is 0 Å². The van der Waals surface area contributed by atoms with Crippen molar-refractivity contribution in [2.45, 2.75) is 20.3 Å². The van der Waals surface area contributed by atoms with Gasteiger partial charge < -0.3 is 4.74 Å². The monoisotopic (exact) mass is 216 g/mol. The van der Waals surface area contributed by atoms with Crippen LogP contribution in [0.25, 0.3) is 0 Å². The van der Waals surface area contributed by atoms with Crippen molar-refractivity contribution in [1.82, 2.24) is 0 Å². The average Bonchev–Trinajstić information content (AvgIpc) is 2.19. The Bertz CT molecular complexity index is 315. The number of anilines is 1. The van der Waals surface area contributed by atoms with E-state index in [0.29, 0.717) is 6.61 Å². The van der Waals surface area contributed by atoms with Crippen LogP contribution >= 0.6 is 0 Å². The van der Waals surface area contributed by atoms with Crippen LogP contribution in [0.3, 0.4) is 0 Å². The van der Waals surface area contributed by atoms with Gasteiger partial charge in [0.05, 0.1) is 6.61 Å². The second kappa shape index (κ2) is 7.74. The molecule has 0 aromatic heterocycles. The minimum Gasteiger partial charge on any atom is -0.450 e. The summed E-state index contributed by atoms with van der Waals surface area (Å²) >= 11 is 0. The van der Waals surface area contributed by atoms with E-state index in [4.69, 9.17) is 4.74 Å². The van der Waals surface area contributed by atoms with Gasteiger partial charge in [-0.15, -0.1) is 0 Å². The molecule has 77 valence electrons. The summed E-state index contributed by atoms with van der Waals surface area (Å²) in [6.07, 6.45) is 0.496. The van der Waals surface area contributed by atoms with Crippen molar-refractivity contribution in [1.29, 1.82) is 0 Å². The summed E-state index contributed by atoms with van der Waals surface area (Å²) in [6, 6.07) is 7.70. The maximum atomic E-state index is 11.1. The molecule has 0 unspecified atom stereocenters. The number of hydrogen-bond donors (Lipinski definition) is 1. The predicted octanol–water partition coefficient (Wildman–Crippen LogP) is 2.44. The maximum Gasteiger partial charge on any atom is 0.411 e. The van der Waals surface area contributed by atoms with E-state index in [9.17, 15) is 4.79 Å². The molecule has 1 rings (SSSR count). The minimum atomic E-state index is -0.395. The van der Waals surface area contributed by atoms with Crippen LogP contribution in [0.15, 0.2) is 24.3 Å². The van der Waals surface area contributed by atoms with Crippen molar-refractivity contribution in [2.24, 2.45) is 0 Å². The molecule has 1 amide bonds. The molecule has 0 bridgehead atoms. The first kappa shape index (κ1) is 14.5. The molecular weight excluding hydrogens is 201 g/mol. The molecular formula is C11H15NNaO2. The normalized spacial score (nSPS) is 8.93. The van der Waals surface area contributed by atoms with Gasteiger partial charge in [0, 0.05) is 35.2 Å². The van der Waals surface area contributed by atoms with Gasteiger partial charge in [-0.05, 0) is 25.0 Å². The first-order valence-corrected chi connectivity index (χ1v) is 4.79. The number of hydrogen-bond acceptors (Lipinski definition) is 2. The van der Waals surface area contributed by atoms with E-state index in [2.05, 4.69) is 5.32 Å². The van der Waals surface area contributed by atoms with Gasteiger partial charge in [-0.25, -0.2) is 4.79 Å². The third-order valence-corrected chi connectivity index (χ3v) is 1.91. The van der Waals surface area contributed by atoms with Crippen LogP contribution in [0, 0.1) is 0 Å². The molecule has 1 radical (unpaired) electrons. The van der Waals surface area contributed by atoms with E-state index >= 15 is 0 Å². The molecule has 0 heterocycles. The standard InChI is InChI=1S/C11H15NO2.Na/c1-3-9-7-5-6-8-10(9)12-11(13)14-4-2;/h5-8H,3-4H2,1-2H3,(H,12,13);. The fourth-order valence-electron chi connectivity index (χ4n) is 1.23. The van der Waals surface area contributed by atoms with Gasteiger partial charge in [-0.3, -0.25) is 5.32 Å². The van der Waals surface area contributed by atoms with Crippen molar-refractivity contribution in [3.05, 3.63) is 29.8 Å². The van der Waals surface area contributed by atoms with E-state index in [1.54, 1.807) is 6.92 Å². The SMILES string of the molecule is CCOC(=O)Nc1ccccc1CC.[Na]. The number of carbonyl (C=O) groups is 1. The quantitative estimate of drug-likeness (QED) is 0.788. The summed E-state index contributed by atoms with van der Waals surface area (Å²) in [5.74, 6) is 0. The van der Waals surface area contributed by atoms with Crippen LogP contribution < -0.4 is 5.32 Å². The van der Waals surface area contributed by atoms with E-state index in [-0.39, 0.29) is 29.6 Å². The molecule has 0 saturated carbocycles. The first-order chi connectivity index (χ1) is 6.77. The van der Waals surface area contributed by atoms with Gasteiger partial charge in [-0.2, -0.15) is 0 Å². The number of carbonyl (C=O) groups excluding carboxylic acids is 1. The Balaban J connectivity index is 0.00000196. The fourth-order valence-corrected chi connectivity index (χ4v) is 1.23. The zero-order valence-corrected chi connectivity index (χ0v) is 11.5. The van der Waals surface area contributed by atoms with E-state index in [1.807, 2.05) is 31.2 Å². The number of para-hydroxylation sites is 1. The van der Waals surface area contributed by atoms with Gasteiger partial charge >= 0.3 is 6.09 Å². The average molecular weight is 216 g/mol. The van der Waals surface area contributed by atoms with Crippen LogP contribution in [0.1, 0.15) is 19.4 Å². The zero-order valence-electron chi connectivity index (χ0n) is 9.54. The second-order valence-electron chi connectivity index (χ2n) is 2.86. The number of nitrogens with one attached hydrogen (secondary N) is 1. The molecule has 0 saturated heterocycles. The molecule has 15 heavy (non-hydrogen) atoms. The third kappa shape index (κ3) is 4.69. The smallest absolute Gasteiger partial charge is 0.411 e. The molecule has 0 spiro atoms. The summed E-state index contributed by atoms with van der Waals surface area (Å²) < 4.78 is 4.80. The Kier molecular flexibility index (Phi) is 7.48. The van der Waals surface area contributed by atoms with Crippen molar-refractivity contribution < 1.29 is 9.53 Å². The maximum absolute atomic E-state index is 11.1. The minimum absolute atomic E-state index is 0. The first-order valence-electron chi connectivity index (χ1n) is 4.79. The molecule has 0 aliphatic rings. The van der Waals surface area contributed by atoms with Gasteiger partial charge in [0.2, 0.25) is 0 Å². The molecule has 0 aliphatic heterocycles. The van der Waals surface area contributed by atoms with Crippen molar-refractivity contribution >= 4 is 41.3 Å². The van der Waals surface area contributed by atoms with E-state index in [1.165, 1.54) is 0 Å². The number of aryl methyl sites for hydroxylation is 1. The summed E-state index contributed by atoms with van der Waals surface area (Å²) in [6.45, 7) is 4.22. The van der Waals surface area contributed by atoms with Crippen LogP contribution in [-0.4, -0.2) is 42.3 Å². The molecule has 3 nitrogen and oxygen atoms in total. The van der Waals surface area contributed by atoms with Gasteiger partial charge in [0.15, 0.2) is 0 Å². The molecule has 0 aliphatic carbocycles. The third-order valence-electron chi connectivity index (χ3n) is 1.91. The van der Waals surface area contributed by atoms with Crippen LogP contribution in [0.2, 0.25) is 0 Å². The fraction of sp³-hybridized carbons (Fsp3) is 0.364. The Hall–Kier alpha value is -0.510. The number of rotatable bonds is 3. The number of ether oxygens (including phenoxy) is 1. The van der Waals surface area contributed by atoms with Gasteiger partial charge in [-0.1, -0.05) is 25.1 Å². The Morgan fingerprint density at radius 1 is 1.33 bits per heavy atom. The Morgan fingerprint density at radius 2 is 2.00 bits per heavy atom. The molecule has 4 heteroatoms. The van der Waals surface area contributed by atoms with Crippen LogP contribution in [0.4, 0.5) is 10.5 Å². The van der Waals surface area contributed by atoms with E-state index in [0.717, 1.165) is 17.7 Å². The predicted molar refractivity (Wildman–Crippen MR) is 62.2 cm³/mol. The second-order valence-corrected chi connectivity index (χ2v) is 2.86. The number of amides is 1. The van der Waals surface area contributed by atoms with E-state index < -0.39 is 6.09 Å². The number of benzene rings is 1. The summed E-state index contributed by atoms with van der Waals surface area (Å²) in [5.41, 5.74) is 1.94. The zero-order chi connectivity index (χ0) is 10.4. The summed E-state index contributed by atoms with van der Waals surface area (Å²) in [4.78, 5) is 11.1.